The van der Waals surface area contributed by atoms with Gasteiger partial charge >= 0.3 is 5.97 Å². The molecule has 0 aromatic heterocycles. The lowest BCUT2D eigenvalue weighted by Crippen LogP contribution is -2.27. The second-order valence-corrected chi connectivity index (χ2v) is 6.56. The Morgan fingerprint density at radius 1 is 1.15 bits per heavy atom. The zero-order valence-electron chi connectivity index (χ0n) is 15.1. The lowest BCUT2D eigenvalue weighted by atomic mass is 10.1. The molecular weight excluding hydrogens is 370 g/mol. The Hall–Kier alpha value is -2.73. The van der Waals surface area contributed by atoms with Crippen molar-refractivity contribution in [3.63, 3.8) is 0 Å². The molecule has 1 aliphatic rings. The maximum absolute atomic E-state index is 12.5. The molecule has 0 N–H and O–H groups in total. The molecule has 3 rings (SSSR count). The topological polar surface area (TPSA) is 65.1 Å². The normalized spacial score (nSPS) is 16.3. The number of nitrogens with zero attached hydrogens (tertiary/aromatic N) is 1. The summed E-state index contributed by atoms with van der Waals surface area (Å²) in [5, 5.41) is 0.358. The van der Waals surface area contributed by atoms with Crippen molar-refractivity contribution < 1.29 is 23.8 Å². The van der Waals surface area contributed by atoms with E-state index in [1.807, 2.05) is 30.3 Å². The SMILES string of the molecule is COc1cc(OC)c(N2CC(C(=O)OCc3ccccc3)CC2=O)cc1Cl. The number of benzene rings is 2. The number of amides is 1. The molecule has 1 aliphatic heterocycles. The van der Waals surface area contributed by atoms with Crippen molar-refractivity contribution in [2.75, 3.05) is 25.7 Å². The molecule has 0 bridgehead atoms. The molecule has 1 heterocycles. The molecule has 27 heavy (non-hydrogen) atoms. The van der Waals surface area contributed by atoms with Crippen molar-refractivity contribution in [1.82, 2.24) is 0 Å². The predicted molar refractivity (Wildman–Crippen MR) is 101 cm³/mol. The van der Waals surface area contributed by atoms with Crippen LogP contribution >= 0.6 is 11.6 Å². The van der Waals surface area contributed by atoms with Gasteiger partial charge in [-0.05, 0) is 11.6 Å². The Kier molecular flexibility index (Phi) is 5.86. The van der Waals surface area contributed by atoms with Gasteiger partial charge in [0.15, 0.2) is 0 Å². The van der Waals surface area contributed by atoms with Crippen molar-refractivity contribution >= 4 is 29.2 Å². The Labute approximate surface area is 162 Å². The van der Waals surface area contributed by atoms with Crippen LogP contribution in [-0.4, -0.2) is 32.6 Å². The van der Waals surface area contributed by atoms with Crippen LogP contribution in [-0.2, 0) is 20.9 Å². The fourth-order valence-electron chi connectivity index (χ4n) is 3.00. The zero-order chi connectivity index (χ0) is 19.4. The van der Waals surface area contributed by atoms with Crippen LogP contribution in [0.5, 0.6) is 11.5 Å². The molecule has 1 saturated heterocycles. The van der Waals surface area contributed by atoms with Gasteiger partial charge in [0.2, 0.25) is 5.91 Å². The molecule has 1 unspecified atom stereocenters. The van der Waals surface area contributed by atoms with Gasteiger partial charge in [0.25, 0.3) is 0 Å². The minimum Gasteiger partial charge on any atom is -0.495 e. The van der Waals surface area contributed by atoms with Crippen molar-refractivity contribution in [1.29, 1.82) is 0 Å². The van der Waals surface area contributed by atoms with Gasteiger partial charge in [0, 0.05) is 19.0 Å². The van der Waals surface area contributed by atoms with Crippen molar-refractivity contribution in [3.05, 3.63) is 53.1 Å². The first-order valence-corrected chi connectivity index (χ1v) is 8.83. The summed E-state index contributed by atoms with van der Waals surface area (Å²) >= 11 is 6.19. The van der Waals surface area contributed by atoms with Gasteiger partial charge in [-0.2, -0.15) is 0 Å². The molecule has 1 atom stereocenters. The van der Waals surface area contributed by atoms with Gasteiger partial charge in [-0.25, -0.2) is 0 Å². The van der Waals surface area contributed by atoms with Crippen LogP contribution in [0.1, 0.15) is 12.0 Å². The number of rotatable bonds is 6. The first-order valence-electron chi connectivity index (χ1n) is 8.46. The average Bonchev–Trinajstić information content (AvgIpc) is 3.08. The third kappa shape index (κ3) is 4.17. The third-order valence-electron chi connectivity index (χ3n) is 4.43. The highest BCUT2D eigenvalue weighted by molar-refractivity contribution is 6.32. The number of anilines is 1. The Bertz CT molecular complexity index is 840. The van der Waals surface area contributed by atoms with Crippen LogP contribution in [0.2, 0.25) is 5.02 Å². The molecular formula is C20H20ClNO5. The lowest BCUT2D eigenvalue weighted by molar-refractivity contribution is -0.149. The Balaban J connectivity index is 1.72. The summed E-state index contributed by atoms with van der Waals surface area (Å²) in [6.45, 7) is 0.396. The minimum atomic E-state index is -0.535. The number of ether oxygens (including phenoxy) is 3. The minimum absolute atomic E-state index is 0.0838. The molecule has 0 spiro atoms. The van der Waals surface area contributed by atoms with Crippen molar-refractivity contribution in [3.8, 4) is 11.5 Å². The Morgan fingerprint density at radius 3 is 2.52 bits per heavy atom. The summed E-state index contributed by atoms with van der Waals surface area (Å²) in [4.78, 5) is 26.4. The Morgan fingerprint density at radius 2 is 1.85 bits per heavy atom. The molecule has 0 saturated carbocycles. The van der Waals surface area contributed by atoms with Gasteiger partial charge in [0.1, 0.15) is 18.1 Å². The van der Waals surface area contributed by atoms with Crippen LogP contribution in [0.25, 0.3) is 0 Å². The number of carbonyl (C=O) groups excluding carboxylic acids is 2. The molecule has 1 fully saturated rings. The van der Waals surface area contributed by atoms with E-state index >= 15 is 0 Å². The quantitative estimate of drug-likeness (QED) is 0.708. The van der Waals surface area contributed by atoms with E-state index in [1.165, 1.54) is 19.1 Å². The number of hydrogen-bond acceptors (Lipinski definition) is 5. The first-order chi connectivity index (χ1) is 13.0. The molecule has 1 amide bonds. The summed E-state index contributed by atoms with van der Waals surface area (Å²) in [7, 11) is 3.00. The van der Waals surface area contributed by atoms with E-state index in [9.17, 15) is 9.59 Å². The molecule has 0 aliphatic carbocycles. The van der Waals surface area contributed by atoms with Crippen LogP contribution in [0.3, 0.4) is 0 Å². The maximum Gasteiger partial charge on any atom is 0.311 e. The number of esters is 1. The summed E-state index contributed by atoms with van der Waals surface area (Å²) in [5.41, 5.74) is 1.40. The van der Waals surface area contributed by atoms with Crippen LogP contribution in [0.4, 0.5) is 5.69 Å². The van der Waals surface area contributed by atoms with E-state index in [4.69, 9.17) is 25.8 Å². The number of hydrogen-bond donors (Lipinski definition) is 0. The van der Waals surface area contributed by atoms with Crippen molar-refractivity contribution in [2.45, 2.75) is 13.0 Å². The van der Waals surface area contributed by atoms with Gasteiger partial charge in [-0.15, -0.1) is 0 Å². The largest absolute Gasteiger partial charge is 0.495 e. The zero-order valence-corrected chi connectivity index (χ0v) is 15.9. The standard InChI is InChI=1S/C20H20ClNO5/c1-25-17-10-18(26-2)16(9-15(17)21)22-11-14(8-19(22)23)20(24)27-12-13-6-4-3-5-7-13/h3-7,9-10,14H,8,11-12H2,1-2H3. The first kappa shape index (κ1) is 19.0. The molecule has 7 heteroatoms. The number of halogens is 1. The molecule has 2 aromatic carbocycles. The van der Waals surface area contributed by atoms with Gasteiger partial charge in [-0.3, -0.25) is 9.59 Å². The lowest BCUT2D eigenvalue weighted by Gasteiger charge is -2.20. The molecule has 0 radical (unpaired) electrons. The van der Waals surface area contributed by atoms with Gasteiger partial charge in [0.05, 0.1) is 30.8 Å². The summed E-state index contributed by atoms with van der Waals surface area (Å²) in [5.74, 6) is -0.220. The molecule has 142 valence electrons. The maximum atomic E-state index is 12.5. The summed E-state index contributed by atoms with van der Waals surface area (Å²) in [6.07, 6.45) is 0.0838. The van der Waals surface area contributed by atoms with E-state index in [2.05, 4.69) is 0 Å². The summed E-state index contributed by atoms with van der Waals surface area (Å²) < 4.78 is 15.9. The second kappa shape index (κ2) is 8.31. The van der Waals surface area contributed by atoms with E-state index < -0.39 is 11.9 Å². The van der Waals surface area contributed by atoms with E-state index in [0.717, 1.165) is 5.56 Å². The summed E-state index contributed by atoms with van der Waals surface area (Å²) in [6, 6.07) is 12.6. The molecule has 2 aromatic rings. The third-order valence-corrected chi connectivity index (χ3v) is 4.72. The predicted octanol–water partition coefficient (Wildman–Crippen LogP) is 3.45. The monoisotopic (exact) mass is 389 g/mol. The van der Waals surface area contributed by atoms with Crippen molar-refractivity contribution in [2.24, 2.45) is 5.92 Å². The highest BCUT2D eigenvalue weighted by Crippen LogP contribution is 2.40. The number of carbonyl (C=O) groups is 2. The second-order valence-electron chi connectivity index (χ2n) is 6.16. The van der Waals surface area contributed by atoms with Crippen LogP contribution in [0.15, 0.2) is 42.5 Å². The van der Waals surface area contributed by atoms with Gasteiger partial charge in [-0.1, -0.05) is 41.9 Å². The van der Waals surface area contributed by atoms with E-state index in [1.54, 1.807) is 12.1 Å². The number of methoxy groups -OCH3 is 2. The fraction of sp³-hybridized carbons (Fsp3) is 0.300. The van der Waals surface area contributed by atoms with E-state index in [0.29, 0.717) is 22.2 Å². The van der Waals surface area contributed by atoms with E-state index in [-0.39, 0.29) is 25.5 Å². The molecule has 6 nitrogen and oxygen atoms in total. The van der Waals surface area contributed by atoms with Crippen LogP contribution < -0.4 is 14.4 Å². The highest BCUT2D eigenvalue weighted by Gasteiger charge is 2.37. The van der Waals surface area contributed by atoms with Crippen LogP contribution in [0, 0.1) is 5.92 Å². The smallest absolute Gasteiger partial charge is 0.311 e. The highest BCUT2D eigenvalue weighted by atomic mass is 35.5. The van der Waals surface area contributed by atoms with Gasteiger partial charge < -0.3 is 19.1 Å². The average molecular weight is 390 g/mol. The fourth-order valence-corrected chi connectivity index (χ4v) is 3.24.